The maximum atomic E-state index is 13.3. The Kier molecular flexibility index (Phi) is 4.27. The van der Waals surface area contributed by atoms with Gasteiger partial charge in [-0.05, 0) is 17.7 Å². The number of rotatable bonds is 3. The number of hydrogen-bond acceptors (Lipinski definition) is 3. The van der Waals surface area contributed by atoms with Crippen molar-refractivity contribution in [2.75, 3.05) is 18.9 Å². The maximum absolute atomic E-state index is 13.3. The summed E-state index contributed by atoms with van der Waals surface area (Å²) in [7, 11) is 0. The van der Waals surface area contributed by atoms with E-state index in [-0.39, 0.29) is 31.9 Å². The van der Waals surface area contributed by atoms with Crippen molar-refractivity contribution in [3.63, 3.8) is 0 Å². The SMILES string of the molecule is Nc1ccc(CC(=O)N2C[C@@H](F)C[C@H]2CO)cc1Cl. The third kappa shape index (κ3) is 3.16. The second-order valence-corrected chi connectivity index (χ2v) is 5.16. The molecule has 0 spiro atoms. The van der Waals surface area contributed by atoms with Crippen molar-refractivity contribution < 1.29 is 14.3 Å². The standard InChI is InChI=1S/C13H16ClFN2O2/c14-11-3-8(1-2-12(11)16)4-13(19)17-6-9(15)5-10(17)7-18/h1-3,9-10,18H,4-7,16H2/t9-,10-/m0/s1. The van der Waals surface area contributed by atoms with Crippen LogP contribution in [0.3, 0.4) is 0 Å². The van der Waals surface area contributed by atoms with Gasteiger partial charge in [0, 0.05) is 6.42 Å². The van der Waals surface area contributed by atoms with Crippen molar-refractivity contribution >= 4 is 23.2 Å². The number of anilines is 1. The van der Waals surface area contributed by atoms with E-state index in [0.29, 0.717) is 10.7 Å². The number of carbonyl (C=O) groups excluding carboxylic acids is 1. The van der Waals surface area contributed by atoms with E-state index in [0.717, 1.165) is 5.56 Å². The Morgan fingerprint density at radius 2 is 2.32 bits per heavy atom. The lowest BCUT2D eigenvalue weighted by atomic mass is 10.1. The molecule has 0 bridgehead atoms. The number of likely N-dealkylation sites (tertiary alicyclic amines) is 1. The van der Waals surface area contributed by atoms with Gasteiger partial charge in [0.2, 0.25) is 5.91 Å². The van der Waals surface area contributed by atoms with Crippen molar-refractivity contribution in [1.82, 2.24) is 4.90 Å². The van der Waals surface area contributed by atoms with Crippen LogP contribution in [0.2, 0.25) is 5.02 Å². The molecule has 1 aromatic carbocycles. The topological polar surface area (TPSA) is 66.6 Å². The van der Waals surface area contributed by atoms with Crippen LogP contribution in [0.15, 0.2) is 18.2 Å². The van der Waals surface area contributed by atoms with Crippen molar-refractivity contribution in [3.8, 4) is 0 Å². The number of carbonyl (C=O) groups is 1. The molecule has 0 aliphatic carbocycles. The largest absolute Gasteiger partial charge is 0.398 e. The Labute approximate surface area is 116 Å². The zero-order valence-corrected chi connectivity index (χ0v) is 11.1. The van der Waals surface area contributed by atoms with Crippen LogP contribution < -0.4 is 5.73 Å². The van der Waals surface area contributed by atoms with Gasteiger partial charge in [-0.25, -0.2) is 4.39 Å². The molecule has 1 aromatic rings. The summed E-state index contributed by atoms with van der Waals surface area (Å²) >= 11 is 5.89. The average Bonchev–Trinajstić information content (AvgIpc) is 2.75. The van der Waals surface area contributed by atoms with Gasteiger partial charge in [-0.3, -0.25) is 4.79 Å². The fraction of sp³-hybridized carbons (Fsp3) is 0.462. The maximum Gasteiger partial charge on any atom is 0.227 e. The second-order valence-electron chi connectivity index (χ2n) is 4.75. The highest BCUT2D eigenvalue weighted by atomic mass is 35.5. The van der Waals surface area contributed by atoms with E-state index in [1.807, 2.05) is 0 Å². The molecular formula is C13H16ClFN2O2. The molecule has 1 aliphatic heterocycles. The number of nitrogen functional groups attached to an aromatic ring is 1. The third-order valence-corrected chi connectivity index (χ3v) is 3.64. The number of hydrogen-bond donors (Lipinski definition) is 2. The van der Waals surface area contributed by atoms with Crippen LogP contribution in [0.1, 0.15) is 12.0 Å². The highest BCUT2D eigenvalue weighted by molar-refractivity contribution is 6.33. The summed E-state index contributed by atoms with van der Waals surface area (Å²) in [6.45, 7) is -0.165. The van der Waals surface area contributed by atoms with Crippen LogP contribution in [0.4, 0.5) is 10.1 Å². The lowest BCUT2D eigenvalue weighted by molar-refractivity contribution is -0.132. The van der Waals surface area contributed by atoms with Crippen LogP contribution in [0.25, 0.3) is 0 Å². The number of nitrogens with zero attached hydrogens (tertiary/aromatic N) is 1. The summed E-state index contributed by atoms with van der Waals surface area (Å²) in [6.07, 6.45) is -0.732. The fourth-order valence-electron chi connectivity index (χ4n) is 2.29. The van der Waals surface area contributed by atoms with Crippen molar-refractivity contribution in [2.24, 2.45) is 0 Å². The minimum atomic E-state index is -1.06. The lowest BCUT2D eigenvalue weighted by Crippen LogP contribution is -2.38. The van der Waals surface area contributed by atoms with E-state index in [9.17, 15) is 9.18 Å². The smallest absolute Gasteiger partial charge is 0.227 e. The summed E-state index contributed by atoms with van der Waals surface area (Å²) in [5.41, 5.74) is 6.77. The van der Waals surface area contributed by atoms with Crippen LogP contribution in [-0.2, 0) is 11.2 Å². The summed E-state index contributed by atoms with van der Waals surface area (Å²) in [5, 5.41) is 9.55. The zero-order chi connectivity index (χ0) is 14.0. The third-order valence-electron chi connectivity index (χ3n) is 3.31. The molecule has 1 fully saturated rings. The Morgan fingerprint density at radius 3 is 2.95 bits per heavy atom. The van der Waals surface area contributed by atoms with Crippen LogP contribution in [0, 0.1) is 0 Å². The Morgan fingerprint density at radius 1 is 1.58 bits per heavy atom. The summed E-state index contributed by atoms with van der Waals surface area (Å²) in [5.74, 6) is -0.208. The van der Waals surface area contributed by atoms with E-state index in [4.69, 9.17) is 22.4 Å². The van der Waals surface area contributed by atoms with E-state index in [1.54, 1.807) is 18.2 Å². The van der Waals surface area contributed by atoms with Gasteiger partial charge in [0.05, 0.1) is 36.3 Å². The number of halogens is 2. The number of aliphatic hydroxyl groups is 1. The van der Waals surface area contributed by atoms with Crippen LogP contribution in [-0.4, -0.2) is 41.3 Å². The quantitative estimate of drug-likeness (QED) is 0.826. The fourth-order valence-corrected chi connectivity index (χ4v) is 2.50. The molecule has 19 heavy (non-hydrogen) atoms. The van der Waals surface area contributed by atoms with Crippen molar-refractivity contribution in [2.45, 2.75) is 25.1 Å². The molecule has 4 nitrogen and oxygen atoms in total. The van der Waals surface area contributed by atoms with E-state index in [1.165, 1.54) is 4.90 Å². The van der Waals surface area contributed by atoms with Gasteiger partial charge in [0.25, 0.3) is 0 Å². The van der Waals surface area contributed by atoms with Gasteiger partial charge in [-0.2, -0.15) is 0 Å². The minimum Gasteiger partial charge on any atom is -0.398 e. The molecule has 0 saturated carbocycles. The predicted octanol–water partition coefficient (Wildman–Crippen LogP) is 1.40. The average molecular weight is 287 g/mol. The highest BCUT2D eigenvalue weighted by Gasteiger charge is 2.34. The molecule has 2 rings (SSSR count). The molecule has 104 valence electrons. The Balaban J connectivity index is 2.06. The van der Waals surface area contributed by atoms with Crippen molar-refractivity contribution in [3.05, 3.63) is 28.8 Å². The number of alkyl halides is 1. The van der Waals surface area contributed by atoms with E-state index >= 15 is 0 Å². The molecule has 6 heteroatoms. The highest BCUT2D eigenvalue weighted by Crippen LogP contribution is 2.23. The molecule has 2 atom stereocenters. The monoisotopic (exact) mass is 286 g/mol. The molecule has 1 heterocycles. The van der Waals surface area contributed by atoms with Gasteiger partial charge in [0.15, 0.2) is 0 Å². The van der Waals surface area contributed by atoms with Gasteiger partial charge in [0.1, 0.15) is 6.17 Å². The van der Waals surface area contributed by atoms with Gasteiger partial charge < -0.3 is 15.7 Å². The first-order valence-electron chi connectivity index (χ1n) is 6.09. The van der Waals surface area contributed by atoms with Gasteiger partial charge >= 0.3 is 0 Å². The van der Waals surface area contributed by atoms with Crippen LogP contribution in [0.5, 0.6) is 0 Å². The number of nitrogens with two attached hydrogens (primary N) is 1. The lowest BCUT2D eigenvalue weighted by Gasteiger charge is -2.22. The first-order chi connectivity index (χ1) is 9.01. The second kappa shape index (κ2) is 5.75. The van der Waals surface area contributed by atoms with Crippen molar-refractivity contribution in [1.29, 1.82) is 0 Å². The van der Waals surface area contributed by atoms with Gasteiger partial charge in [-0.15, -0.1) is 0 Å². The Bertz CT molecular complexity index is 484. The van der Waals surface area contributed by atoms with E-state index < -0.39 is 12.2 Å². The predicted molar refractivity (Wildman–Crippen MR) is 71.7 cm³/mol. The Hall–Kier alpha value is -1.33. The summed E-state index contributed by atoms with van der Waals surface area (Å²) in [6, 6.07) is 4.56. The first kappa shape index (κ1) is 14.1. The first-order valence-corrected chi connectivity index (χ1v) is 6.47. The molecule has 3 N–H and O–H groups in total. The molecule has 0 radical (unpaired) electrons. The van der Waals surface area contributed by atoms with Gasteiger partial charge in [-0.1, -0.05) is 17.7 Å². The normalized spacial score (nSPS) is 22.8. The summed E-state index contributed by atoms with van der Waals surface area (Å²) < 4.78 is 13.3. The number of amides is 1. The van der Waals surface area contributed by atoms with E-state index in [2.05, 4.69) is 0 Å². The molecule has 0 unspecified atom stereocenters. The van der Waals surface area contributed by atoms with Crippen LogP contribution >= 0.6 is 11.6 Å². The molecule has 1 amide bonds. The summed E-state index contributed by atoms with van der Waals surface area (Å²) in [4.78, 5) is 13.5. The molecule has 1 saturated heterocycles. The zero-order valence-electron chi connectivity index (χ0n) is 10.4. The minimum absolute atomic E-state index is 0.0484. The molecule has 1 aliphatic rings. The molecule has 0 aromatic heterocycles. The number of benzene rings is 1. The number of aliphatic hydroxyl groups excluding tert-OH is 1. The molecular weight excluding hydrogens is 271 g/mol.